The Labute approximate surface area is 140 Å². The van der Waals surface area contributed by atoms with E-state index in [1.807, 2.05) is 4.90 Å². The highest BCUT2D eigenvalue weighted by atomic mass is 32.1. The summed E-state index contributed by atoms with van der Waals surface area (Å²) in [7, 11) is 2.14. The molecule has 2 amide bonds. The molecule has 2 aliphatic rings. The number of rotatable bonds is 3. The van der Waals surface area contributed by atoms with E-state index in [0.29, 0.717) is 17.2 Å². The van der Waals surface area contributed by atoms with Crippen molar-refractivity contribution in [1.29, 1.82) is 0 Å². The van der Waals surface area contributed by atoms with Crippen molar-refractivity contribution in [2.75, 3.05) is 45.2 Å². The van der Waals surface area contributed by atoms with Crippen LogP contribution in [0.1, 0.15) is 34.1 Å². The molecule has 6 nitrogen and oxygen atoms in total. The maximum Gasteiger partial charge on any atom is 0.341 e. The maximum absolute atomic E-state index is 12.5. The van der Waals surface area contributed by atoms with Crippen LogP contribution in [0.4, 0.5) is 9.80 Å². The molecule has 126 valence electrons. The number of nitrogens with one attached hydrogen (secondary N) is 2. The molecule has 2 N–H and O–H groups in total. The number of fused-ring (bicyclic) bond motifs is 1. The van der Waals surface area contributed by atoms with Crippen molar-refractivity contribution < 1.29 is 19.2 Å². The van der Waals surface area contributed by atoms with Gasteiger partial charge < -0.3 is 14.5 Å². The van der Waals surface area contributed by atoms with Gasteiger partial charge in [-0.15, -0.1) is 11.3 Å². The molecule has 1 aromatic heterocycles. The molecule has 0 aromatic carbocycles. The first-order valence-electron chi connectivity index (χ1n) is 8.29. The summed E-state index contributed by atoms with van der Waals surface area (Å²) in [6.07, 6.45) is 2.96. The number of anilines is 1. The zero-order valence-electron chi connectivity index (χ0n) is 13.7. The molecule has 0 unspecified atom stereocenters. The van der Waals surface area contributed by atoms with Gasteiger partial charge >= 0.3 is 12.0 Å². The normalized spacial score (nSPS) is 17.9. The quantitative estimate of drug-likeness (QED) is 0.801. The number of esters is 1. The van der Waals surface area contributed by atoms with Crippen LogP contribution in [0.2, 0.25) is 0 Å². The fourth-order valence-corrected chi connectivity index (χ4v) is 4.45. The van der Waals surface area contributed by atoms with E-state index in [9.17, 15) is 9.59 Å². The second-order valence-corrected chi connectivity index (χ2v) is 7.26. The van der Waals surface area contributed by atoms with Crippen molar-refractivity contribution in [1.82, 2.24) is 4.90 Å². The summed E-state index contributed by atoms with van der Waals surface area (Å²) < 4.78 is 5.19. The SMILES string of the molecule is CCOC(=O)c1c(NC(=O)N2CC[NH+](C)CC2)sc2c1CCC2. The van der Waals surface area contributed by atoms with Crippen LogP contribution in [0.15, 0.2) is 0 Å². The van der Waals surface area contributed by atoms with Gasteiger partial charge in [-0.2, -0.15) is 0 Å². The van der Waals surface area contributed by atoms with Crippen LogP contribution < -0.4 is 10.2 Å². The predicted molar refractivity (Wildman–Crippen MR) is 89.5 cm³/mol. The fraction of sp³-hybridized carbons (Fsp3) is 0.625. The number of urea groups is 1. The van der Waals surface area contributed by atoms with Gasteiger partial charge in [-0.1, -0.05) is 0 Å². The third kappa shape index (κ3) is 3.35. The number of nitrogens with zero attached hydrogens (tertiary/aromatic N) is 1. The Morgan fingerprint density at radius 2 is 2.04 bits per heavy atom. The molecule has 3 rings (SSSR count). The zero-order valence-corrected chi connectivity index (χ0v) is 14.6. The number of hydrogen-bond acceptors (Lipinski definition) is 4. The number of amides is 2. The minimum absolute atomic E-state index is 0.108. The minimum atomic E-state index is -0.315. The van der Waals surface area contributed by atoms with Gasteiger partial charge in [-0.3, -0.25) is 5.32 Å². The van der Waals surface area contributed by atoms with Crippen LogP contribution in [0.5, 0.6) is 0 Å². The molecule has 0 atom stereocenters. The lowest BCUT2D eigenvalue weighted by molar-refractivity contribution is -0.883. The topological polar surface area (TPSA) is 63.1 Å². The van der Waals surface area contributed by atoms with E-state index in [4.69, 9.17) is 4.74 Å². The van der Waals surface area contributed by atoms with E-state index in [0.717, 1.165) is 51.0 Å². The Morgan fingerprint density at radius 1 is 1.30 bits per heavy atom. The van der Waals surface area contributed by atoms with Crippen molar-refractivity contribution in [3.05, 3.63) is 16.0 Å². The lowest BCUT2D eigenvalue weighted by atomic mass is 10.1. The summed E-state index contributed by atoms with van der Waals surface area (Å²) in [5.41, 5.74) is 1.66. The van der Waals surface area contributed by atoms with Crippen molar-refractivity contribution in [3.63, 3.8) is 0 Å². The summed E-state index contributed by atoms with van der Waals surface area (Å²) in [6.45, 7) is 5.56. The van der Waals surface area contributed by atoms with Crippen LogP contribution in [0.25, 0.3) is 0 Å². The molecule has 1 aliphatic carbocycles. The molecule has 7 heteroatoms. The van der Waals surface area contributed by atoms with E-state index in [-0.39, 0.29) is 12.0 Å². The number of ether oxygens (including phenoxy) is 1. The first-order chi connectivity index (χ1) is 11.1. The Kier molecular flexibility index (Phi) is 4.87. The molecule has 1 aromatic rings. The smallest absolute Gasteiger partial charge is 0.341 e. The first kappa shape index (κ1) is 16.3. The number of thiophene rings is 1. The lowest BCUT2D eigenvalue weighted by Crippen LogP contribution is -3.12. The molecule has 1 aliphatic heterocycles. The highest BCUT2D eigenvalue weighted by Gasteiger charge is 2.30. The zero-order chi connectivity index (χ0) is 16.4. The highest BCUT2D eigenvalue weighted by Crippen LogP contribution is 2.39. The van der Waals surface area contributed by atoms with Crippen LogP contribution in [0, 0.1) is 0 Å². The highest BCUT2D eigenvalue weighted by molar-refractivity contribution is 7.17. The number of aryl methyl sites for hydroxylation is 1. The van der Waals surface area contributed by atoms with Crippen LogP contribution >= 0.6 is 11.3 Å². The minimum Gasteiger partial charge on any atom is -0.462 e. The van der Waals surface area contributed by atoms with Crippen molar-refractivity contribution >= 4 is 28.3 Å². The number of hydrogen-bond donors (Lipinski definition) is 2. The Balaban J connectivity index is 1.77. The molecule has 0 spiro atoms. The number of carbonyl (C=O) groups is 2. The van der Waals surface area contributed by atoms with E-state index in [1.165, 1.54) is 21.1 Å². The third-order valence-corrected chi connectivity index (χ3v) is 5.73. The van der Waals surface area contributed by atoms with E-state index < -0.39 is 0 Å². The van der Waals surface area contributed by atoms with Gasteiger partial charge in [0.05, 0.1) is 45.4 Å². The van der Waals surface area contributed by atoms with Crippen molar-refractivity contribution in [3.8, 4) is 0 Å². The summed E-state index contributed by atoms with van der Waals surface area (Å²) in [6, 6.07) is -0.108. The molecule has 0 radical (unpaired) electrons. The molecular weight excluding hydrogens is 314 g/mol. The van der Waals surface area contributed by atoms with Gasteiger partial charge in [0, 0.05) is 4.88 Å². The van der Waals surface area contributed by atoms with E-state index in [2.05, 4.69) is 12.4 Å². The molecule has 1 fully saturated rings. The van der Waals surface area contributed by atoms with E-state index in [1.54, 1.807) is 6.92 Å². The van der Waals surface area contributed by atoms with Crippen LogP contribution in [-0.4, -0.2) is 56.7 Å². The van der Waals surface area contributed by atoms with Crippen molar-refractivity contribution in [2.24, 2.45) is 0 Å². The summed E-state index contributed by atoms with van der Waals surface area (Å²) >= 11 is 1.53. The summed E-state index contributed by atoms with van der Waals surface area (Å²) in [4.78, 5) is 29.3. The predicted octanol–water partition coefficient (Wildman–Crippen LogP) is 0.776. The van der Waals surface area contributed by atoms with Gasteiger partial charge in [0.2, 0.25) is 0 Å². The molecular formula is C16H24N3O3S+. The molecule has 2 heterocycles. The van der Waals surface area contributed by atoms with Gasteiger partial charge in [-0.25, -0.2) is 9.59 Å². The Bertz CT molecular complexity index is 606. The standard InChI is InChI=1S/C16H23N3O3S/c1-3-22-15(20)13-11-5-4-6-12(11)23-14(13)17-16(21)19-9-7-18(2)8-10-19/h3-10H2,1-2H3,(H,17,21)/p+1. The number of piperazine rings is 1. The molecule has 1 saturated heterocycles. The second-order valence-electron chi connectivity index (χ2n) is 6.16. The number of quaternary nitrogens is 1. The van der Waals surface area contributed by atoms with Gasteiger partial charge in [0.1, 0.15) is 5.00 Å². The third-order valence-electron chi connectivity index (χ3n) is 4.53. The molecule has 0 saturated carbocycles. The first-order valence-corrected chi connectivity index (χ1v) is 9.10. The van der Waals surface area contributed by atoms with Gasteiger partial charge in [-0.05, 0) is 31.7 Å². The number of carbonyl (C=O) groups excluding carboxylic acids is 2. The number of likely N-dealkylation sites (N-methyl/N-ethyl adjacent to an activating group) is 1. The molecule has 0 bridgehead atoms. The Hall–Kier alpha value is -1.60. The second kappa shape index (κ2) is 6.88. The summed E-state index contributed by atoms with van der Waals surface area (Å²) in [5.74, 6) is -0.315. The van der Waals surface area contributed by atoms with E-state index >= 15 is 0 Å². The van der Waals surface area contributed by atoms with Crippen LogP contribution in [0.3, 0.4) is 0 Å². The maximum atomic E-state index is 12.5. The largest absolute Gasteiger partial charge is 0.462 e. The average molecular weight is 338 g/mol. The monoisotopic (exact) mass is 338 g/mol. The van der Waals surface area contributed by atoms with Gasteiger partial charge in [0.25, 0.3) is 0 Å². The average Bonchev–Trinajstić information content (AvgIpc) is 3.08. The molecule has 23 heavy (non-hydrogen) atoms. The summed E-state index contributed by atoms with van der Waals surface area (Å²) in [5, 5.41) is 3.62. The fourth-order valence-electron chi connectivity index (χ4n) is 3.18. The lowest BCUT2D eigenvalue weighted by Gasteiger charge is -2.30. The van der Waals surface area contributed by atoms with Crippen molar-refractivity contribution in [2.45, 2.75) is 26.2 Å². The van der Waals surface area contributed by atoms with Gasteiger partial charge in [0.15, 0.2) is 0 Å². The van der Waals surface area contributed by atoms with Crippen LogP contribution in [-0.2, 0) is 17.6 Å². The Morgan fingerprint density at radius 3 is 2.74 bits per heavy atom.